The first-order valence-corrected chi connectivity index (χ1v) is 28.4. The number of hydrogen-bond donors (Lipinski definition) is 5. The van der Waals surface area contributed by atoms with Gasteiger partial charge in [-0.3, -0.25) is 4.79 Å². The van der Waals surface area contributed by atoms with Crippen molar-refractivity contribution < 1.29 is 25.2 Å². The minimum atomic E-state index is -1.29. The van der Waals surface area contributed by atoms with Gasteiger partial charge in [0.25, 0.3) is 0 Å². The first-order valence-electron chi connectivity index (χ1n) is 28.4. The molecule has 0 aromatic rings. The van der Waals surface area contributed by atoms with Gasteiger partial charge in [-0.1, -0.05) is 269 Å². The maximum atomic E-state index is 12.6. The fourth-order valence-corrected chi connectivity index (χ4v) is 8.85. The molecule has 0 aliphatic carbocycles. The molecule has 0 aliphatic rings. The van der Waals surface area contributed by atoms with Crippen molar-refractivity contribution in [2.75, 3.05) is 6.61 Å². The zero-order valence-corrected chi connectivity index (χ0v) is 42.8. The van der Waals surface area contributed by atoms with E-state index in [4.69, 9.17) is 0 Å². The molecule has 4 atom stereocenters. The first-order chi connectivity index (χ1) is 31.5. The third-order valence-corrected chi connectivity index (χ3v) is 13.3. The van der Waals surface area contributed by atoms with Crippen molar-refractivity contribution in [3.05, 3.63) is 36.5 Å². The van der Waals surface area contributed by atoms with Crippen LogP contribution in [0.15, 0.2) is 36.5 Å². The molecule has 0 spiro atoms. The molecule has 0 bridgehead atoms. The normalized spacial score (nSPS) is 14.0. The number of rotatable bonds is 52. The molecule has 0 rings (SSSR count). The van der Waals surface area contributed by atoms with Crippen LogP contribution in [-0.4, -0.2) is 57.3 Å². The summed E-state index contributed by atoms with van der Waals surface area (Å²) in [5.41, 5.74) is 0. The molecule has 64 heavy (non-hydrogen) atoms. The number of hydrogen-bond acceptors (Lipinski definition) is 5. The Labute approximate surface area is 398 Å². The van der Waals surface area contributed by atoms with E-state index in [0.29, 0.717) is 19.3 Å². The summed E-state index contributed by atoms with van der Waals surface area (Å²) >= 11 is 0. The largest absolute Gasteiger partial charge is 0.394 e. The quantitative estimate of drug-likeness (QED) is 0.0309. The van der Waals surface area contributed by atoms with E-state index in [1.165, 1.54) is 212 Å². The Bertz CT molecular complexity index is 1010. The number of nitrogens with one attached hydrogen (secondary N) is 1. The summed E-state index contributed by atoms with van der Waals surface area (Å²) in [5.74, 6) is -0.595. The molecular formula is C58H111NO5. The molecule has 378 valence electrons. The van der Waals surface area contributed by atoms with Gasteiger partial charge in [-0.15, -0.1) is 0 Å². The van der Waals surface area contributed by atoms with Gasteiger partial charge in [0.15, 0.2) is 0 Å². The number of aliphatic hydroxyl groups is 4. The van der Waals surface area contributed by atoms with Gasteiger partial charge in [-0.2, -0.15) is 0 Å². The average Bonchev–Trinajstić information content (AvgIpc) is 3.30. The van der Waals surface area contributed by atoms with Crippen LogP contribution in [0.25, 0.3) is 0 Å². The summed E-state index contributed by atoms with van der Waals surface area (Å²) in [6.45, 7) is 4.03. The van der Waals surface area contributed by atoms with Gasteiger partial charge < -0.3 is 25.7 Å². The fraction of sp³-hybridized carbons (Fsp3) is 0.879. The zero-order valence-electron chi connectivity index (χ0n) is 42.8. The monoisotopic (exact) mass is 902 g/mol. The summed E-state index contributed by atoms with van der Waals surface area (Å²) in [5, 5.41) is 43.9. The SMILES string of the molecule is CCCCC/C=C/CC/C=C/CC/C=C/CCCC(O)C(O)C(CO)NC(=O)C(O)CCCCCCCCCCCCCCCCCCCCCCCCCCCCCCCCCC. The highest BCUT2D eigenvalue weighted by Crippen LogP contribution is 2.18. The lowest BCUT2D eigenvalue weighted by molar-refractivity contribution is -0.132. The molecule has 6 nitrogen and oxygen atoms in total. The molecule has 0 fully saturated rings. The van der Waals surface area contributed by atoms with Gasteiger partial charge in [0.2, 0.25) is 5.91 Å². The maximum Gasteiger partial charge on any atom is 0.249 e. The molecule has 0 radical (unpaired) electrons. The number of allylic oxidation sites excluding steroid dienone is 6. The minimum Gasteiger partial charge on any atom is -0.394 e. The topological polar surface area (TPSA) is 110 Å². The van der Waals surface area contributed by atoms with E-state index in [9.17, 15) is 25.2 Å². The van der Waals surface area contributed by atoms with Crippen LogP contribution in [0.4, 0.5) is 0 Å². The molecule has 5 N–H and O–H groups in total. The predicted octanol–water partition coefficient (Wildman–Crippen LogP) is 16.4. The lowest BCUT2D eigenvalue weighted by Gasteiger charge is -2.27. The minimum absolute atomic E-state index is 0.362. The maximum absolute atomic E-state index is 12.6. The zero-order chi connectivity index (χ0) is 46.7. The Kier molecular flexibility index (Phi) is 51.3. The molecule has 0 aromatic heterocycles. The summed E-state index contributed by atoms with van der Waals surface area (Å²) in [4.78, 5) is 12.6. The number of carbonyl (C=O) groups excluding carboxylic acids is 1. The standard InChI is InChI=1S/C58H111NO5/c1-3-5-7-9-11-13-15-17-19-21-22-23-24-25-26-27-28-29-30-31-32-33-34-35-36-38-40-42-44-46-48-50-52-56(62)58(64)59-54(53-60)57(63)55(61)51-49-47-45-43-41-39-37-20-18-16-14-12-10-8-6-4-2/h12,14,20,37,43,45,54-57,60-63H,3-11,13,15-19,21-36,38-42,44,46-53H2,1-2H3,(H,59,64)/b14-12+,37-20+,45-43+. The van der Waals surface area contributed by atoms with E-state index in [1.807, 2.05) is 0 Å². The van der Waals surface area contributed by atoms with Crippen LogP contribution >= 0.6 is 0 Å². The third kappa shape index (κ3) is 45.7. The highest BCUT2D eigenvalue weighted by atomic mass is 16.3. The van der Waals surface area contributed by atoms with Gasteiger partial charge >= 0.3 is 0 Å². The van der Waals surface area contributed by atoms with E-state index < -0.39 is 36.9 Å². The number of carbonyl (C=O) groups is 1. The van der Waals surface area contributed by atoms with Crippen LogP contribution in [0, 0.1) is 0 Å². The number of aliphatic hydroxyl groups excluding tert-OH is 4. The second-order valence-electron chi connectivity index (χ2n) is 19.6. The van der Waals surface area contributed by atoms with Gasteiger partial charge in [0.1, 0.15) is 12.2 Å². The number of unbranched alkanes of at least 4 members (excludes halogenated alkanes) is 37. The molecule has 0 saturated heterocycles. The Morgan fingerprint density at radius 2 is 0.656 bits per heavy atom. The average molecular weight is 903 g/mol. The molecule has 6 heteroatoms. The van der Waals surface area contributed by atoms with Crippen molar-refractivity contribution >= 4 is 5.91 Å². The predicted molar refractivity (Wildman–Crippen MR) is 279 cm³/mol. The molecule has 4 unspecified atom stereocenters. The Balaban J connectivity index is 3.58. The molecular weight excluding hydrogens is 791 g/mol. The van der Waals surface area contributed by atoms with Gasteiger partial charge in [-0.25, -0.2) is 0 Å². The molecule has 0 heterocycles. The third-order valence-electron chi connectivity index (χ3n) is 13.3. The molecule has 0 aliphatic heterocycles. The summed E-state index contributed by atoms with van der Waals surface area (Å²) < 4.78 is 0. The van der Waals surface area contributed by atoms with Crippen molar-refractivity contribution in [3.63, 3.8) is 0 Å². The fourth-order valence-electron chi connectivity index (χ4n) is 8.85. The second kappa shape index (κ2) is 52.5. The van der Waals surface area contributed by atoms with E-state index >= 15 is 0 Å². The van der Waals surface area contributed by atoms with E-state index in [0.717, 1.165) is 51.4 Å². The Hall–Kier alpha value is -1.47. The smallest absolute Gasteiger partial charge is 0.249 e. The van der Waals surface area contributed by atoms with Crippen molar-refractivity contribution in [2.45, 2.75) is 321 Å². The van der Waals surface area contributed by atoms with Crippen molar-refractivity contribution in [1.82, 2.24) is 5.32 Å². The van der Waals surface area contributed by atoms with Crippen molar-refractivity contribution in [1.29, 1.82) is 0 Å². The van der Waals surface area contributed by atoms with E-state index in [2.05, 4.69) is 55.6 Å². The van der Waals surface area contributed by atoms with Crippen molar-refractivity contribution in [3.8, 4) is 0 Å². The first kappa shape index (κ1) is 62.5. The van der Waals surface area contributed by atoms with Gasteiger partial charge in [0.05, 0.1) is 18.8 Å². The molecule has 1 amide bonds. The van der Waals surface area contributed by atoms with Gasteiger partial charge in [0, 0.05) is 0 Å². The summed E-state index contributed by atoms with van der Waals surface area (Å²) in [6, 6.07) is -1.01. The lowest BCUT2D eigenvalue weighted by atomic mass is 10.00. The molecule has 0 saturated carbocycles. The van der Waals surface area contributed by atoms with Crippen LogP contribution in [0.1, 0.15) is 296 Å². The molecule has 0 aromatic carbocycles. The number of amides is 1. The van der Waals surface area contributed by atoms with Crippen LogP contribution in [0.3, 0.4) is 0 Å². The van der Waals surface area contributed by atoms with Crippen LogP contribution in [0.2, 0.25) is 0 Å². The summed E-state index contributed by atoms with van der Waals surface area (Å²) in [7, 11) is 0. The van der Waals surface area contributed by atoms with Crippen LogP contribution in [0.5, 0.6) is 0 Å². The Morgan fingerprint density at radius 1 is 0.375 bits per heavy atom. The van der Waals surface area contributed by atoms with Crippen LogP contribution < -0.4 is 5.32 Å². The highest BCUT2D eigenvalue weighted by Gasteiger charge is 2.28. The second-order valence-corrected chi connectivity index (χ2v) is 19.6. The van der Waals surface area contributed by atoms with Crippen molar-refractivity contribution in [2.24, 2.45) is 0 Å². The van der Waals surface area contributed by atoms with E-state index in [-0.39, 0.29) is 0 Å². The Morgan fingerprint density at radius 3 is 0.984 bits per heavy atom. The highest BCUT2D eigenvalue weighted by molar-refractivity contribution is 5.80. The lowest BCUT2D eigenvalue weighted by Crippen LogP contribution is -2.53. The van der Waals surface area contributed by atoms with E-state index in [1.54, 1.807) is 0 Å². The van der Waals surface area contributed by atoms with Crippen LogP contribution in [-0.2, 0) is 4.79 Å². The van der Waals surface area contributed by atoms with Gasteiger partial charge in [-0.05, 0) is 64.2 Å². The summed E-state index contributed by atoms with van der Waals surface area (Å²) in [6.07, 6.45) is 65.1.